The van der Waals surface area contributed by atoms with Crippen LogP contribution in [0, 0.1) is 11.6 Å². The number of carbonyl (C=O) groups is 1. The third kappa shape index (κ3) is 2.64. The maximum Gasteiger partial charge on any atom is 0.325 e. The summed E-state index contributed by atoms with van der Waals surface area (Å²) in [5, 5.41) is 11.3. The summed E-state index contributed by atoms with van der Waals surface area (Å²) in [4.78, 5) is 10.9. The quantitative estimate of drug-likeness (QED) is 0.755. The van der Waals surface area contributed by atoms with E-state index in [4.69, 9.17) is 5.11 Å². The number of hydrogen-bond acceptors (Lipinski definition) is 2. The lowest BCUT2D eigenvalue weighted by molar-refractivity contribution is -0.139. The summed E-state index contributed by atoms with van der Waals surface area (Å²) < 4.78 is 26.6. The van der Waals surface area contributed by atoms with Gasteiger partial charge in [0.1, 0.15) is 17.7 Å². The van der Waals surface area contributed by atoms with E-state index < -0.39 is 29.2 Å². The number of hydrogen-bond donors (Lipinski definition) is 2. The summed E-state index contributed by atoms with van der Waals surface area (Å²) >= 11 is 0. The van der Waals surface area contributed by atoms with Gasteiger partial charge in [-0.2, -0.15) is 0 Å². The van der Waals surface area contributed by atoms with Crippen molar-refractivity contribution in [3.05, 3.63) is 48.1 Å². The average molecular weight is 227 g/mol. The summed E-state index contributed by atoms with van der Waals surface area (Å²) in [6, 6.07) is 1.80. The topological polar surface area (TPSA) is 49.3 Å². The van der Waals surface area contributed by atoms with Crippen molar-refractivity contribution < 1.29 is 18.7 Å². The Bertz CT molecular complexity index is 387. The van der Waals surface area contributed by atoms with E-state index in [0.29, 0.717) is 0 Å². The Kier molecular flexibility index (Phi) is 4.13. The van der Waals surface area contributed by atoms with Crippen LogP contribution in [-0.4, -0.2) is 17.6 Å². The van der Waals surface area contributed by atoms with Gasteiger partial charge in [-0.05, 0) is 12.1 Å². The molecule has 0 aromatic heterocycles. The minimum Gasteiger partial charge on any atom is -0.480 e. The minimum atomic E-state index is -1.42. The lowest BCUT2D eigenvalue weighted by Gasteiger charge is -2.14. The highest BCUT2D eigenvalue weighted by molar-refractivity contribution is 5.75. The molecule has 0 radical (unpaired) electrons. The van der Waals surface area contributed by atoms with E-state index in [9.17, 15) is 13.6 Å². The zero-order valence-electron chi connectivity index (χ0n) is 8.41. The lowest BCUT2D eigenvalue weighted by Crippen LogP contribution is -2.30. The number of nitrogens with one attached hydrogen (secondary N) is 1. The van der Waals surface area contributed by atoms with Gasteiger partial charge in [-0.1, -0.05) is 12.1 Å². The summed E-state index contributed by atoms with van der Waals surface area (Å²) in [6.07, 6.45) is 1.41. The van der Waals surface area contributed by atoms with Crippen LogP contribution in [0.3, 0.4) is 0 Å². The van der Waals surface area contributed by atoms with Gasteiger partial charge in [-0.15, -0.1) is 6.58 Å². The van der Waals surface area contributed by atoms with Gasteiger partial charge in [-0.25, -0.2) is 8.78 Å². The maximum atomic E-state index is 13.3. The molecule has 1 atom stereocenters. The Hall–Kier alpha value is -1.75. The monoisotopic (exact) mass is 227 g/mol. The zero-order valence-corrected chi connectivity index (χ0v) is 8.41. The molecule has 5 heteroatoms. The highest BCUT2D eigenvalue weighted by Gasteiger charge is 2.25. The van der Waals surface area contributed by atoms with Gasteiger partial charge in [-0.3, -0.25) is 10.1 Å². The highest BCUT2D eigenvalue weighted by atomic mass is 19.1. The van der Waals surface area contributed by atoms with Crippen molar-refractivity contribution in [1.29, 1.82) is 0 Å². The van der Waals surface area contributed by atoms with Gasteiger partial charge >= 0.3 is 5.97 Å². The normalized spacial score (nSPS) is 12.1. The van der Waals surface area contributed by atoms with E-state index in [1.54, 1.807) is 0 Å². The number of benzene rings is 1. The van der Waals surface area contributed by atoms with E-state index >= 15 is 0 Å². The Morgan fingerprint density at radius 1 is 1.50 bits per heavy atom. The molecule has 0 aliphatic carbocycles. The molecule has 0 amide bonds. The Labute approximate surface area is 91.4 Å². The van der Waals surface area contributed by atoms with Crippen molar-refractivity contribution in [2.75, 3.05) is 6.54 Å². The number of halogens is 2. The van der Waals surface area contributed by atoms with Crippen LogP contribution in [0.25, 0.3) is 0 Å². The molecule has 0 saturated carbocycles. The van der Waals surface area contributed by atoms with E-state index in [0.717, 1.165) is 12.1 Å². The lowest BCUT2D eigenvalue weighted by atomic mass is 10.1. The molecule has 0 heterocycles. The molecule has 0 aliphatic rings. The first-order chi connectivity index (χ1) is 7.57. The Morgan fingerprint density at radius 3 is 2.50 bits per heavy atom. The minimum absolute atomic E-state index is 0.144. The fraction of sp³-hybridized carbons (Fsp3) is 0.182. The second kappa shape index (κ2) is 5.37. The van der Waals surface area contributed by atoms with Crippen LogP contribution >= 0.6 is 0 Å². The third-order valence-electron chi connectivity index (χ3n) is 2.00. The molecule has 0 aliphatic heterocycles. The fourth-order valence-corrected chi connectivity index (χ4v) is 1.30. The van der Waals surface area contributed by atoms with Gasteiger partial charge < -0.3 is 5.11 Å². The molecule has 2 N–H and O–H groups in total. The predicted octanol–water partition coefficient (Wildman–Crippen LogP) is 1.87. The highest BCUT2D eigenvalue weighted by Crippen LogP contribution is 2.20. The van der Waals surface area contributed by atoms with Crippen LogP contribution in [0.2, 0.25) is 0 Å². The number of aliphatic carboxylic acids is 1. The van der Waals surface area contributed by atoms with E-state index in [1.807, 2.05) is 0 Å². The Balaban J connectivity index is 3.10. The van der Waals surface area contributed by atoms with Crippen LogP contribution in [-0.2, 0) is 4.79 Å². The van der Waals surface area contributed by atoms with Crippen molar-refractivity contribution in [2.45, 2.75) is 6.04 Å². The predicted molar refractivity (Wildman–Crippen MR) is 54.9 cm³/mol. The van der Waals surface area contributed by atoms with Crippen molar-refractivity contribution in [3.8, 4) is 0 Å². The molecule has 0 saturated heterocycles. The van der Waals surface area contributed by atoms with Gasteiger partial charge in [0.15, 0.2) is 0 Å². The smallest absolute Gasteiger partial charge is 0.325 e. The third-order valence-corrected chi connectivity index (χ3v) is 2.00. The van der Waals surface area contributed by atoms with E-state index in [2.05, 4.69) is 11.9 Å². The van der Waals surface area contributed by atoms with E-state index in [1.165, 1.54) is 12.1 Å². The van der Waals surface area contributed by atoms with Crippen LogP contribution < -0.4 is 5.32 Å². The first-order valence-electron chi connectivity index (χ1n) is 4.59. The molecule has 86 valence electrons. The largest absolute Gasteiger partial charge is 0.480 e. The second-order valence-corrected chi connectivity index (χ2v) is 3.10. The SMILES string of the molecule is C=CCNC(C(=O)O)c1c(F)cccc1F. The molecule has 0 fully saturated rings. The molecule has 0 bridgehead atoms. The first kappa shape index (κ1) is 12.3. The number of carboxylic acids is 1. The molecular weight excluding hydrogens is 216 g/mol. The molecular formula is C11H11F2NO2. The molecule has 1 rings (SSSR count). The molecule has 1 unspecified atom stereocenters. The van der Waals surface area contributed by atoms with Crippen molar-refractivity contribution in [2.24, 2.45) is 0 Å². The standard InChI is InChI=1S/C11H11F2NO2/c1-2-6-14-10(11(15)16)9-7(12)4-3-5-8(9)13/h2-5,10,14H,1,6H2,(H,15,16). The number of carboxylic acid groups (broad SMARTS) is 1. The maximum absolute atomic E-state index is 13.3. The van der Waals surface area contributed by atoms with Gasteiger partial charge in [0, 0.05) is 6.54 Å². The van der Waals surface area contributed by atoms with Gasteiger partial charge in [0.25, 0.3) is 0 Å². The molecule has 3 nitrogen and oxygen atoms in total. The first-order valence-corrected chi connectivity index (χ1v) is 4.59. The van der Waals surface area contributed by atoms with Crippen molar-refractivity contribution in [3.63, 3.8) is 0 Å². The van der Waals surface area contributed by atoms with Crippen molar-refractivity contribution >= 4 is 5.97 Å². The second-order valence-electron chi connectivity index (χ2n) is 3.10. The zero-order chi connectivity index (χ0) is 12.1. The summed E-state index contributed by atoms with van der Waals surface area (Å²) in [7, 11) is 0. The van der Waals surface area contributed by atoms with Crippen LogP contribution in [0.4, 0.5) is 8.78 Å². The van der Waals surface area contributed by atoms with Crippen LogP contribution in [0.5, 0.6) is 0 Å². The van der Waals surface area contributed by atoms with Crippen molar-refractivity contribution in [1.82, 2.24) is 5.32 Å². The number of rotatable bonds is 5. The fourth-order valence-electron chi connectivity index (χ4n) is 1.30. The van der Waals surface area contributed by atoms with Gasteiger partial charge in [0.05, 0.1) is 5.56 Å². The molecule has 16 heavy (non-hydrogen) atoms. The van der Waals surface area contributed by atoms with E-state index in [-0.39, 0.29) is 6.54 Å². The molecule has 1 aromatic carbocycles. The average Bonchev–Trinajstić information content (AvgIpc) is 2.21. The summed E-state index contributed by atoms with van der Waals surface area (Å²) in [5.74, 6) is -3.11. The summed E-state index contributed by atoms with van der Waals surface area (Å²) in [5.41, 5.74) is -0.489. The Morgan fingerprint density at radius 2 is 2.06 bits per heavy atom. The van der Waals surface area contributed by atoms with Crippen LogP contribution in [0.1, 0.15) is 11.6 Å². The van der Waals surface area contributed by atoms with Crippen LogP contribution in [0.15, 0.2) is 30.9 Å². The molecule has 0 spiro atoms. The summed E-state index contributed by atoms with van der Waals surface area (Å²) in [6.45, 7) is 3.53. The van der Waals surface area contributed by atoms with Gasteiger partial charge in [0.2, 0.25) is 0 Å². The molecule has 1 aromatic rings.